The number of hydrogen-bond acceptors (Lipinski definition) is 6. The third kappa shape index (κ3) is 3.61. The molecule has 3 rings (SSSR count). The summed E-state index contributed by atoms with van der Waals surface area (Å²) in [6, 6.07) is 7.54. The zero-order valence-electron chi connectivity index (χ0n) is 16.4. The van der Waals surface area contributed by atoms with Gasteiger partial charge in [-0.1, -0.05) is 6.92 Å². The van der Waals surface area contributed by atoms with Gasteiger partial charge in [0.1, 0.15) is 11.3 Å². The monoisotopic (exact) mass is 373 g/mol. The molecule has 0 aliphatic heterocycles. The largest absolute Gasteiger partial charge is 0.497 e. The Balaban J connectivity index is 2.03. The zero-order chi connectivity index (χ0) is 19.4. The Morgan fingerprint density at radius 2 is 1.96 bits per heavy atom. The van der Waals surface area contributed by atoms with Crippen molar-refractivity contribution in [3.8, 4) is 11.4 Å². The molecule has 146 valence electrons. The number of aromatic nitrogens is 4. The highest BCUT2D eigenvalue weighted by atomic mass is 16.6. The van der Waals surface area contributed by atoms with Gasteiger partial charge in [-0.2, -0.15) is 4.68 Å². The van der Waals surface area contributed by atoms with Crippen molar-refractivity contribution in [2.24, 2.45) is 5.92 Å². The molecule has 1 aromatic carbocycles. The fraction of sp³-hybridized carbons (Fsp3) is 0.579. The van der Waals surface area contributed by atoms with Crippen LogP contribution in [0.3, 0.4) is 0 Å². The molecule has 1 saturated carbocycles. The second kappa shape index (κ2) is 7.94. The predicted molar refractivity (Wildman–Crippen MR) is 99.8 cm³/mol. The van der Waals surface area contributed by atoms with Crippen molar-refractivity contribution in [1.29, 1.82) is 0 Å². The Bertz CT molecular complexity index is 766. The SMILES string of the molecule is CCOC(=O)N(C)C1(c2nnnn2-c2ccc(OC)cc2)CCC(C)CC1. The molecule has 1 heterocycles. The van der Waals surface area contributed by atoms with Crippen LogP contribution in [0.4, 0.5) is 4.79 Å². The van der Waals surface area contributed by atoms with Gasteiger partial charge < -0.3 is 9.47 Å². The van der Waals surface area contributed by atoms with Crippen molar-refractivity contribution in [1.82, 2.24) is 25.1 Å². The minimum Gasteiger partial charge on any atom is -0.497 e. The van der Waals surface area contributed by atoms with E-state index < -0.39 is 5.54 Å². The minimum absolute atomic E-state index is 0.332. The summed E-state index contributed by atoms with van der Waals surface area (Å²) < 4.78 is 12.2. The van der Waals surface area contributed by atoms with Crippen LogP contribution in [-0.2, 0) is 10.3 Å². The quantitative estimate of drug-likeness (QED) is 0.801. The molecule has 2 aromatic rings. The second-order valence-corrected chi connectivity index (χ2v) is 7.08. The van der Waals surface area contributed by atoms with Gasteiger partial charge in [-0.25, -0.2) is 4.79 Å². The van der Waals surface area contributed by atoms with E-state index in [0.717, 1.165) is 37.1 Å². The summed E-state index contributed by atoms with van der Waals surface area (Å²) in [7, 11) is 3.41. The summed E-state index contributed by atoms with van der Waals surface area (Å²) in [4.78, 5) is 14.2. The summed E-state index contributed by atoms with van der Waals surface area (Å²) in [5.74, 6) is 2.03. The number of benzene rings is 1. The van der Waals surface area contributed by atoms with Crippen LogP contribution in [-0.4, -0.2) is 52.0 Å². The molecule has 8 heteroatoms. The maximum atomic E-state index is 12.6. The van der Waals surface area contributed by atoms with Gasteiger partial charge in [0.05, 0.1) is 19.4 Å². The van der Waals surface area contributed by atoms with E-state index in [1.54, 1.807) is 23.7 Å². The van der Waals surface area contributed by atoms with Crippen LogP contribution in [0.2, 0.25) is 0 Å². The van der Waals surface area contributed by atoms with Gasteiger partial charge in [-0.15, -0.1) is 5.10 Å². The number of nitrogens with zero attached hydrogens (tertiary/aromatic N) is 5. The minimum atomic E-state index is -0.595. The lowest BCUT2D eigenvalue weighted by molar-refractivity contribution is 0.0311. The molecule has 0 atom stereocenters. The van der Waals surface area contributed by atoms with Crippen LogP contribution in [0.1, 0.15) is 45.4 Å². The van der Waals surface area contributed by atoms with Gasteiger partial charge >= 0.3 is 6.09 Å². The lowest BCUT2D eigenvalue weighted by atomic mass is 9.75. The Labute approximate surface area is 159 Å². The Morgan fingerprint density at radius 1 is 1.30 bits per heavy atom. The summed E-state index contributed by atoms with van der Waals surface area (Å²) >= 11 is 0. The highest BCUT2D eigenvalue weighted by Crippen LogP contribution is 2.43. The number of carbonyl (C=O) groups excluding carboxylic acids is 1. The zero-order valence-corrected chi connectivity index (χ0v) is 16.4. The molecule has 1 fully saturated rings. The van der Waals surface area contributed by atoms with Gasteiger partial charge in [-0.05, 0) is 73.2 Å². The summed E-state index contributed by atoms with van der Waals surface area (Å²) in [5, 5.41) is 12.5. The van der Waals surface area contributed by atoms with E-state index in [1.165, 1.54) is 0 Å². The topological polar surface area (TPSA) is 82.4 Å². The molecule has 1 amide bonds. The molecule has 27 heavy (non-hydrogen) atoms. The number of methoxy groups -OCH3 is 1. The van der Waals surface area contributed by atoms with E-state index in [2.05, 4.69) is 22.4 Å². The number of hydrogen-bond donors (Lipinski definition) is 0. The van der Waals surface area contributed by atoms with Gasteiger partial charge in [0.15, 0.2) is 5.82 Å². The molecule has 1 aromatic heterocycles. The third-order valence-electron chi connectivity index (χ3n) is 5.49. The number of tetrazole rings is 1. The van der Waals surface area contributed by atoms with Gasteiger partial charge in [0.2, 0.25) is 0 Å². The first-order valence-electron chi connectivity index (χ1n) is 9.35. The highest BCUT2D eigenvalue weighted by molar-refractivity contribution is 5.68. The molecular weight excluding hydrogens is 346 g/mol. The molecule has 0 saturated heterocycles. The van der Waals surface area contributed by atoms with Crippen LogP contribution >= 0.6 is 0 Å². The van der Waals surface area contributed by atoms with Crippen molar-refractivity contribution in [2.45, 2.75) is 45.1 Å². The van der Waals surface area contributed by atoms with Gasteiger partial charge in [-0.3, -0.25) is 4.90 Å². The van der Waals surface area contributed by atoms with E-state index in [-0.39, 0.29) is 6.09 Å². The van der Waals surface area contributed by atoms with E-state index in [9.17, 15) is 4.79 Å². The molecule has 0 radical (unpaired) electrons. The maximum Gasteiger partial charge on any atom is 0.410 e. The van der Waals surface area contributed by atoms with E-state index >= 15 is 0 Å². The normalized spacial score (nSPS) is 22.3. The Hall–Kier alpha value is -2.64. The first-order chi connectivity index (χ1) is 13.0. The number of amides is 1. The Morgan fingerprint density at radius 3 is 2.56 bits per heavy atom. The second-order valence-electron chi connectivity index (χ2n) is 7.08. The summed E-state index contributed by atoms with van der Waals surface area (Å²) in [6.45, 7) is 4.38. The maximum absolute atomic E-state index is 12.6. The van der Waals surface area contributed by atoms with E-state index in [4.69, 9.17) is 9.47 Å². The van der Waals surface area contributed by atoms with Crippen LogP contribution in [0, 0.1) is 5.92 Å². The molecule has 0 spiro atoms. The standard InChI is InChI=1S/C19H27N5O3/c1-5-27-18(25)23(3)19(12-10-14(2)11-13-19)17-20-21-22-24(17)15-6-8-16(26-4)9-7-15/h6-9,14H,5,10-13H2,1-4H3. The lowest BCUT2D eigenvalue weighted by Gasteiger charge is -2.44. The molecule has 0 N–H and O–H groups in total. The lowest BCUT2D eigenvalue weighted by Crippen LogP contribution is -2.51. The van der Waals surface area contributed by atoms with Crippen molar-refractivity contribution < 1.29 is 14.3 Å². The first-order valence-corrected chi connectivity index (χ1v) is 9.35. The van der Waals surface area contributed by atoms with Crippen LogP contribution in [0.5, 0.6) is 5.75 Å². The fourth-order valence-electron chi connectivity index (χ4n) is 3.72. The van der Waals surface area contributed by atoms with E-state index in [1.807, 2.05) is 31.2 Å². The predicted octanol–water partition coefficient (Wildman–Crippen LogP) is 3.16. The summed E-state index contributed by atoms with van der Waals surface area (Å²) in [5.41, 5.74) is 0.230. The highest BCUT2D eigenvalue weighted by Gasteiger charge is 2.46. The molecule has 1 aliphatic rings. The molecular formula is C19H27N5O3. The van der Waals surface area contributed by atoms with Crippen LogP contribution in [0.15, 0.2) is 24.3 Å². The van der Waals surface area contributed by atoms with Crippen molar-refractivity contribution in [3.05, 3.63) is 30.1 Å². The molecule has 8 nitrogen and oxygen atoms in total. The van der Waals surface area contributed by atoms with Crippen molar-refractivity contribution in [2.75, 3.05) is 20.8 Å². The third-order valence-corrected chi connectivity index (χ3v) is 5.49. The van der Waals surface area contributed by atoms with Gasteiger partial charge in [0, 0.05) is 7.05 Å². The van der Waals surface area contributed by atoms with E-state index in [0.29, 0.717) is 18.3 Å². The average Bonchev–Trinajstić information content (AvgIpc) is 3.19. The van der Waals surface area contributed by atoms with Crippen molar-refractivity contribution in [3.63, 3.8) is 0 Å². The first kappa shape index (κ1) is 19.1. The van der Waals surface area contributed by atoms with Gasteiger partial charge in [0.25, 0.3) is 0 Å². The number of ether oxygens (including phenoxy) is 2. The summed E-state index contributed by atoms with van der Waals surface area (Å²) in [6.07, 6.45) is 3.23. The average molecular weight is 373 g/mol. The molecule has 0 bridgehead atoms. The smallest absolute Gasteiger partial charge is 0.410 e. The van der Waals surface area contributed by atoms with Crippen molar-refractivity contribution >= 4 is 6.09 Å². The van der Waals surface area contributed by atoms with Crippen LogP contribution < -0.4 is 4.74 Å². The number of rotatable bonds is 5. The number of carbonyl (C=O) groups is 1. The Kier molecular flexibility index (Phi) is 5.62. The van der Waals surface area contributed by atoms with Crippen LogP contribution in [0.25, 0.3) is 5.69 Å². The molecule has 0 unspecified atom stereocenters. The molecule has 1 aliphatic carbocycles. The fourth-order valence-corrected chi connectivity index (χ4v) is 3.72.